The molecule has 2 N–H and O–H groups in total. The van der Waals surface area contributed by atoms with E-state index in [4.69, 9.17) is 24.9 Å². The molecule has 0 spiro atoms. The SMILES string of the molecule is NC1=Nc2cnc(Oc3ccccc3)cc2CN1[C@@H](CCC(=O)N(CCOCc1ccccc1)[C@H]1CC[C@@H](C=O)CC1)C1CCOCC1. The molecule has 10 nitrogen and oxygen atoms in total. The number of nitrogens with two attached hydrogens (primary N) is 1. The Morgan fingerprint density at radius 2 is 1.75 bits per heavy atom. The van der Waals surface area contributed by atoms with Crippen molar-refractivity contribution in [1.29, 1.82) is 0 Å². The Balaban J connectivity index is 1.15. The van der Waals surface area contributed by atoms with Gasteiger partial charge in [-0.3, -0.25) is 4.79 Å². The highest BCUT2D eigenvalue weighted by molar-refractivity contribution is 5.84. The van der Waals surface area contributed by atoms with Gasteiger partial charge in [0, 0.05) is 62.4 Å². The van der Waals surface area contributed by atoms with Gasteiger partial charge in [-0.25, -0.2) is 9.98 Å². The van der Waals surface area contributed by atoms with Crippen molar-refractivity contribution in [3.63, 3.8) is 0 Å². The van der Waals surface area contributed by atoms with Crippen molar-refractivity contribution in [3.05, 3.63) is 84.1 Å². The van der Waals surface area contributed by atoms with E-state index in [1.807, 2.05) is 71.6 Å². The van der Waals surface area contributed by atoms with Crippen LogP contribution >= 0.6 is 0 Å². The van der Waals surface area contributed by atoms with Crippen molar-refractivity contribution in [2.45, 2.75) is 76.6 Å². The summed E-state index contributed by atoms with van der Waals surface area (Å²) < 4.78 is 17.8. The molecule has 1 amide bonds. The van der Waals surface area contributed by atoms with Crippen molar-refractivity contribution in [3.8, 4) is 11.6 Å². The lowest BCUT2D eigenvalue weighted by atomic mass is 9.85. The highest BCUT2D eigenvalue weighted by Crippen LogP contribution is 2.35. The number of ether oxygens (including phenoxy) is 3. The number of para-hydroxylation sites is 1. The van der Waals surface area contributed by atoms with Crippen LogP contribution in [0.3, 0.4) is 0 Å². The number of aldehydes is 1. The standard InChI is InChI=1S/C38H47N5O5/c39-38-41-34-24-40-36(48-33-9-5-2-6-10-33)23-31(34)25-43(38)35(30-17-20-46-21-18-30)15-16-37(45)42(32-13-11-28(26-44)12-14-32)19-22-47-27-29-7-3-1-4-8-29/h1-10,23-24,26,28,30,32,35H,11-22,25,27H2,(H2,39,41)/t28-,32+,35-/m0/s1. The topological polar surface area (TPSA) is 120 Å². The molecule has 1 aliphatic carbocycles. The average molecular weight is 654 g/mol. The number of fused-ring (bicyclic) bond motifs is 1. The first-order valence-corrected chi connectivity index (χ1v) is 17.3. The quantitative estimate of drug-likeness (QED) is 0.166. The van der Waals surface area contributed by atoms with Gasteiger partial charge in [0.05, 0.1) is 25.1 Å². The van der Waals surface area contributed by atoms with Gasteiger partial charge in [-0.2, -0.15) is 0 Å². The van der Waals surface area contributed by atoms with Gasteiger partial charge in [0.25, 0.3) is 0 Å². The van der Waals surface area contributed by atoms with Crippen molar-refractivity contribution in [2.24, 2.45) is 22.6 Å². The maximum Gasteiger partial charge on any atom is 0.222 e. The van der Waals surface area contributed by atoms with Crippen LogP contribution in [0.15, 0.2) is 77.9 Å². The molecular weight excluding hydrogens is 606 g/mol. The zero-order valence-electron chi connectivity index (χ0n) is 27.6. The van der Waals surface area contributed by atoms with E-state index in [0.29, 0.717) is 75.9 Å². The molecule has 1 saturated carbocycles. The number of carbonyl (C=O) groups is 2. The van der Waals surface area contributed by atoms with E-state index in [1.165, 1.54) is 0 Å². The van der Waals surface area contributed by atoms with Crippen molar-refractivity contribution >= 4 is 23.8 Å². The summed E-state index contributed by atoms with van der Waals surface area (Å²) in [5, 5.41) is 0. The van der Waals surface area contributed by atoms with Crippen LogP contribution in [0.2, 0.25) is 0 Å². The van der Waals surface area contributed by atoms with E-state index in [9.17, 15) is 9.59 Å². The van der Waals surface area contributed by atoms with Crippen LogP contribution < -0.4 is 10.5 Å². The summed E-state index contributed by atoms with van der Waals surface area (Å²) >= 11 is 0. The summed E-state index contributed by atoms with van der Waals surface area (Å²) in [7, 11) is 0. The van der Waals surface area contributed by atoms with E-state index in [1.54, 1.807) is 6.20 Å². The molecule has 6 rings (SSSR count). The van der Waals surface area contributed by atoms with Gasteiger partial charge in [0.2, 0.25) is 11.8 Å². The van der Waals surface area contributed by atoms with E-state index in [2.05, 4.69) is 9.88 Å². The number of carbonyl (C=O) groups excluding carboxylic acids is 2. The smallest absolute Gasteiger partial charge is 0.222 e. The highest BCUT2D eigenvalue weighted by atomic mass is 16.5. The molecular formula is C38H47N5O5. The maximum absolute atomic E-state index is 14.1. The Hall–Kier alpha value is -4.28. The fourth-order valence-electron chi connectivity index (χ4n) is 7.25. The molecule has 254 valence electrons. The van der Waals surface area contributed by atoms with Crippen molar-refractivity contribution in [2.75, 3.05) is 26.4 Å². The number of pyridine rings is 1. The predicted octanol–water partition coefficient (Wildman–Crippen LogP) is 6.01. The second kappa shape index (κ2) is 16.7. The molecule has 3 aromatic rings. The second-order valence-corrected chi connectivity index (χ2v) is 13.1. The lowest BCUT2D eigenvalue weighted by molar-refractivity contribution is -0.136. The Bertz CT molecular complexity index is 1510. The van der Waals surface area contributed by atoms with Crippen LogP contribution in [-0.4, -0.2) is 71.4 Å². The molecule has 2 aromatic carbocycles. The summed E-state index contributed by atoms with van der Waals surface area (Å²) in [5.74, 6) is 2.19. The Labute approximate surface area is 283 Å². The number of amides is 1. The summed E-state index contributed by atoms with van der Waals surface area (Å²) in [6, 6.07) is 21.7. The van der Waals surface area contributed by atoms with E-state index < -0.39 is 0 Å². The summed E-state index contributed by atoms with van der Waals surface area (Å²) in [5.41, 5.74) is 9.47. The third-order valence-corrected chi connectivity index (χ3v) is 9.92. The maximum atomic E-state index is 14.1. The van der Waals surface area contributed by atoms with Crippen LogP contribution in [0, 0.1) is 11.8 Å². The first-order chi connectivity index (χ1) is 23.6. The zero-order valence-corrected chi connectivity index (χ0v) is 27.6. The van der Waals surface area contributed by atoms with Crippen LogP contribution in [0.4, 0.5) is 5.69 Å². The van der Waals surface area contributed by atoms with Crippen LogP contribution in [0.5, 0.6) is 11.6 Å². The molecule has 0 radical (unpaired) electrons. The fourth-order valence-corrected chi connectivity index (χ4v) is 7.25. The van der Waals surface area contributed by atoms with Crippen molar-refractivity contribution in [1.82, 2.24) is 14.8 Å². The van der Waals surface area contributed by atoms with Crippen LogP contribution in [0.25, 0.3) is 0 Å². The molecule has 1 saturated heterocycles. The summed E-state index contributed by atoms with van der Waals surface area (Å²) in [6.45, 7) is 3.45. The molecule has 3 heterocycles. The van der Waals surface area contributed by atoms with Crippen molar-refractivity contribution < 1.29 is 23.8 Å². The molecule has 3 aliphatic rings. The van der Waals surface area contributed by atoms with Gasteiger partial charge in [0.1, 0.15) is 12.0 Å². The molecule has 48 heavy (non-hydrogen) atoms. The summed E-state index contributed by atoms with van der Waals surface area (Å²) in [4.78, 5) is 39.0. The van der Waals surface area contributed by atoms with Gasteiger partial charge in [-0.15, -0.1) is 0 Å². The monoisotopic (exact) mass is 653 g/mol. The predicted molar refractivity (Wildman–Crippen MR) is 184 cm³/mol. The minimum Gasteiger partial charge on any atom is -0.439 e. The number of nitrogens with zero attached hydrogens (tertiary/aromatic N) is 4. The largest absolute Gasteiger partial charge is 0.439 e. The highest BCUT2D eigenvalue weighted by Gasteiger charge is 2.35. The molecule has 0 bridgehead atoms. The Morgan fingerprint density at radius 3 is 2.48 bits per heavy atom. The third-order valence-electron chi connectivity index (χ3n) is 9.92. The third kappa shape index (κ3) is 8.79. The normalized spacial score (nSPS) is 20.3. The lowest BCUT2D eigenvalue weighted by Gasteiger charge is -2.41. The van der Waals surface area contributed by atoms with Crippen LogP contribution in [0.1, 0.15) is 62.5 Å². The van der Waals surface area contributed by atoms with Gasteiger partial charge in [-0.05, 0) is 68.6 Å². The fraction of sp³-hybridized carbons (Fsp3) is 0.474. The van der Waals surface area contributed by atoms with Crippen LogP contribution in [-0.2, 0) is 32.2 Å². The molecule has 10 heteroatoms. The van der Waals surface area contributed by atoms with Gasteiger partial charge in [-0.1, -0.05) is 48.5 Å². The minimum absolute atomic E-state index is 0.0170. The molecule has 1 atom stereocenters. The number of rotatable bonds is 14. The number of hydrogen-bond acceptors (Lipinski definition) is 9. The average Bonchev–Trinajstić information content (AvgIpc) is 3.13. The molecule has 1 aromatic heterocycles. The van der Waals surface area contributed by atoms with E-state index >= 15 is 0 Å². The van der Waals surface area contributed by atoms with Gasteiger partial charge in [0.15, 0.2) is 5.96 Å². The number of benzene rings is 2. The first kappa shape index (κ1) is 33.6. The van der Waals surface area contributed by atoms with Gasteiger partial charge < -0.3 is 34.5 Å². The zero-order chi connectivity index (χ0) is 33.1. The Morgan fingerprint density at radius 1 is 1.02 bits per heavy atom. The molecule has 2 fully saturated rings. The van der Waals surface area contributed by atoms with Gasteiger partial charge >= 0.3 is 0 Å². The summed E-state index contributed by atoms with van der Waals surface area (Å²) in [6.07, 6.45) is 8.94. The first-order valence-electron chi connectivity index (χ1n) is 17.3. The number of hydrogen-bond donors (Lipinski definition) is 1. The van der Waals surface area contributed by atoms with E-state index in [-0.39, 0.29) is 23.9 Å². The molecule has 2 aliphatic heterocycles. The van der Waals surface area contributed by atoms with E-state index in [0.717, 1.165) is 61.6 Å². The minimum atomic E-state index is 0.0170. The lowest BCUT2D eigenvalue weighted by Crippen LogP contribution is -2.50. The number of aliphatic imine (C=N–C) groups is 1. The number of aromatic nitrogens is 1. The molecule has 0 unspecified atom stereocenters. The second-order valence-electron chi connectivity index (χ2n) is 13.1. The Kier molecular flexibility index (Phi) is 11.7. The number of guanidine groups is 1.